The number of aryl methyl sites for hydroxylation is 2. The summed E-state index contributed by atoms with van der Waals surface area (Å²) < 4.78 is 1.71. The van der Waals surface area contributed by atoms with Gasteiger partial charge in [-0.2, -0.15) is 5.10 Å². The molecule has 0 aliphatic heterocycles. The van der Waals surface area contributed by atoms with Crippen LogP contribution in [-0.2, 0) is 6.42 Å². The fourth-order valence-corrected chi connectivity index (χ4v) is 1.37. The van der Waals surface area contributed by atoms with Crippen molar-refractivity contribution in [2.24, 2.45) is 5.84 Å². The summed E-state index contributed by atoms with van der Waals surface area (Å²) in [6.07, 6.45) is 4.44. The first kappa shape index (κ1) is 10.6. The number of nitrogen functional groups attached to an aromatic ring is 1. The Labute approximate surface area is 93.5 Å². The lowest BCUT2D eigenvalue weighted by atomic mass is 10.4. The Kier molecular flexibility index (Phi) is 2.82. The van der Waals surface area contributed by atoms with Gasteiger partial charge in [-0.3, -0.25) is 0 Å². The summed E-state index contributed by atoms with van der Waals surface area (Å²) in [5, 5.41) is 4.19. The standard InChI is InChI=1S/C10H14N6/c1-3-8-13-9(15-11)4-10(14-8)16-6-7(2)5-12-16/h4-6H,3,11H2,1-2H3,(H,13,14,15). The van der Waals surface area contributed by atoms with Crippen LogP contribution in [0.2, 0.25) is 0 Å². The van der Waals surface area contributed by atoms with E-state index in [-0.39, 0.29) is 0 Å². The molecule has 2 aromatic heterocycles. The Morgan fingerprint density at radius 1 is 1.44 bits per heavy atom. The number of anilines is 1. The molecule has 6 nitrogen and oxygen atoms in total. The second-order valence-electron chi connectivity index (χ2n) is 3.49. The molecular weight excluding hydrogens is 204 g/mol. The van der Waals surface area contributed by atoms with Gasteiger partial charge in [-0.05, 0) is 12.5 Å². The van der Waals surface area contributed by atoms with E-state index in [1.54, 1.807) is 16.9 Å². The molecule has 0 bridgehead atoms. The Bertz CT molecular complexity index is 468. The second-order valence-corrected chi connectivity index (χ2v) is 3.49. The van der Waals surface area contributed by atoms with Crippen LogP contribution < -0.4 is 11.3 Å². The molecule has 0 radical (unpaired) electrons. The summed E-state index contributed by atoms with van der Waals surface area (Å²) in [6.45, 7) is 3.97. The van der Waals surface area contributed by atoms with Crippen LogP contribution in [0.15, 0.2) is 18.5 Å². The molecule has 16 heavy (non-hydrogen) atoms. The zero-order valence-electron chi connectivity index (χ0n) is 9.31. The van der Waals surface area contributed by atoms with Crippen molar-refractivity contribution in [1.82, 2.24) is 19.7 Å². The maximum Gasteiger partial charge on any atom is 0.159 e. The van der Waals surface area contributed by atoms with Gasteiger partial charge in [0, 0.05) is 18.7 Å². The van der Waals surface area contributed by atoms with Crippen molar-refractivity contribution in [1.29, 1.82) is 0 Å². The number of nitrogens with one attached hydrogen (secondary N) is 1. The lowest BCUT2D eigenvalue weighted by Crippen LogP contribution is -2.12. The fraction of sp³-hybridized carbons (Fsp3) is 0.300. The van der Waals surface area contributed by atoms with E-state index < -0.39 is 0 Å². The van der Waals surface area contributed by atoms with Gasteiger partial charge in [-0.25, -0.2) is 20.5 Å². The fourth-order valence-electron chi connectivity index (χ4n) is 1.37. The molecule has 0 aliphatic carbocycles. The molecule has 0 amide bonds. The Hall–Kier alpha value is -1.95. The topological polar surface area (TPSA) is 81.6 Å². The minimum atomic E-state index is 0.593. The number of hydrogen-bond donors (Lipinski definition) is 2. The van der Waals surface area contributed by atoms with Crippen molar-refractivity contribution in [2.75, 3.05) is 5.43 Å². The van der Waals surface area contributed by atoms with Gasteiger partial charge in [0.05, 0.1) is 6.20 Å². The number of nitrogens with zero attached hydrogens (tertiary/aromatic N) is 4. The molecule has 0 aromatic carbocycles. The SMILES string of the molecule is CCc1nc(NN)cc(-n2cc(C)cn2)n1. The summed E-state index contributed by atoms with van der Waals surface area (Å²) >= 11 is 0. The summed E-state index contributed by atoms with van der Waals surface area (Å²) in [4.78, 5) is 8.59. The number of hydrazine groups is 1. The first-order valence-electron chi connectivity index (χ1n) is 5.09. The molecule has 0 saturated carbocycles. The normalized spacial score (nSPS) is 10.4. The highest BCUT2D eigenvalue weighted by Gasteiger charge is 2.05. The van der Waals surface area contributed by atoms with Crippen LogP contribution in [0.1, 0.15) is 18.3 Å². The molecule has 2 heterocycles. The van der Waals surface area contributed by atoms with Crippen molar-refractivity contribution in [3.63, 3.8) is 0 Å². The molecule has 84 valence electrons. The van der Waals surface area contributed by atoms with Crippen LogP contribution in [0.25, 0.3) is 5.82 Å². The molecule has 0 unspecified atom stereocenters. The highest BCUT2D eigenvalue weighted by molar-refractivity contribution is 5.40. The third kappa shape index (κ3) is 2.01. The first-order valence-corrected chi connectivity index (χ1v) is 5.09. The number of hydrogen-bond acceptors (Lipinski definition) is 5. The molecule has 2 rings (SSSR count). The van der Waals surface area contributed by atoms with Crippen LogP contribution in [0.5, 0.6) is 0 Å². The molecule has 3 N–H and O–H groups in total. The zero-order valence-corrected chi connectivity index (χ0v) is 9.31. The zero-order chi connectivity index (χ0) is 11.5. The summed E-state index contributed by atoms with van der Waals surface area (Å²) in [7, 11) is 0. The van der Waals surface area contributed by atoms with Crippen LogP contribution in [-0.4, -0.2) is 19.7 Å². The smallest absolute Gasteiger partial charge is 0.159 e. The van der Waals surface area contributed by atoms with E-state index in [1.807, 2.05) is 20.0 Å². The van der Waals surface area contributed by atoms with E-state index >= 15 is 0 Å². The van der Waals surface area contributed by atoms with E-state index in [0.29, 0.717) is 11.6 Å². The molecule has 0 saturated heterocycles. The lowest BCUT2D eigenvalue weighted by molar-refractivity contribution is 0.813. The van der Waals surface area contributed by atoms with Crippen LogP contribution >= 0.6 is 0 Å². The van der Waals surface area contributed by atoms with Crippen molar-refractivity contribution >= 4 is 5.82 Å². The van der Waals surface area contributed by atoms with E-state index in [9.17, 15) is 0 Å². The molecule has 0 fully saturated rings. The van der Waals surface area contributed by atoms with Gasteiger partial charge in [0.2, 0.25) is 0 Å². The van der Waals surface area contributed by atoms with Gasteiger partial charge < -0.3 is 5.43 Å². The minimum Gasteiger partial charge on any atom is -0.308 e. The quantitative estimate of drug-likeness (QED) is 0.588. The number of rotatable bonds is 3. The first-order chi connectivity index (χ1) is 7.72. The number of aromatic nitrogens is 4. The van der Waals surface area contributed by atoms with Crippen molar-refractivity contribution in [3.05, 3.63) is 29.8 Å². The molecule has 0 spiro atoms. The van der Waals surface area contributed by atoms with Crippen LogP contribution in [0.3, 0.4) is 0 Å². The van der Waals surface area contributed by atoms with Gasteiger partial charge >= 0.3 is 0 Å². The molecule has 0 atom stereocenters. The maximum atomic E-state index is 5.36. The van der Waals surface area contributed by atoms with Gasteiger partial charge in [0.15, 0.2) is 5.82 Å². The summed E-state index contributed by atoms with van der Waals surface area (Å²) in [5.41, 5.74) is 3.61. The monoisotopic (exact) mass is 218 g/mol. The van der Waals surface area contributed by atoms with Gasteiger partial charge in [0.1, 0.15) is 11.6 Å². The lowest BCUT2D eigenvalue weighted by Gasteiger charge is -2.06. The third-order valence-corrected chi connectivity index (χ3v) is 2.17. The minimum absolute atomic E-state index is 0.593. The van der Waals surface area contributed by atoms with Crippen LogP contribution in [0, 0.1) is 6.92 Å². The third-order valence-electron chi connectivity index (χ3n) is 2.17. The van der Waals surface area contributed by atoms with Crippen molar-refractivity contribution in [3.8, 4) is 5.82 Å². The maximum absolute atomic E-state index is 5.36. The average Bonchev–Trinajstić information content (AvgIpc) is 2.75. The van der Waals surface area contributed by atoms with E-state index in [1.165, 1.54) is 0 Å². The van der Waals surface area contributed by atoms with E-state index in [2.05, 4.69) is 20.5 Å². The van der Waals surface area contributed by atoms with Gasteiger partial charge in [0.25, 0.3) is 0 Å². The average molecular weight is 218 g/mol. The molecule has 6 heteroatoms. The Balaban J connectivity index is 2.47. The van der Waals surface area contributed by atoms with Crippen molar-refractivity contribution < 1.29 is 0 Å². The molecular formula is C10H14N6. The van der Waals surface area contributed by atoms with E-state index in [4.69, 9.17) is 5.84 Å². The Morgan fingerprint density at radius 3 is 2.81 bits per heavy atom. The predicted octanol–water partition coefficient (Wildman–Crippen LogP) is 0.819. The van der Waals surface area contributed by atoms with Crippen LogP contribution in [0.4, 0.5) is 5.82 Å². The molecule has 2 aromatic rings. The van der Waals surface area contributed by atoms with E-state index in [0.717, 1.165) is 17.8 Å². The summed E-state index contributed by atoms with van der Waals surface area (Å²) in [5.74, 6) is 7.40. The number of nitrogens with two attached hydrogens (primary N) is 1. The molecule has 0 aliphatic rings. The summed E-state index contributed by atoms with van der Waals surface area (Å²) in [6, 6.07) is 1.76. The second kappa shape index (κ2) is 4.28. The largest absolute Gasteiger partial charge is 0.308 e. The highest BCUT2D eigenvalue weighted by atomic mass is 15.3. The predicted molar refractivity (Wildman–Crippen MR) is 61.1 cm³/mol. The van der Waals surface area contributed by atoms with Gasteiger partial charge in [-0.15, -0.1) is 0 Å². The van der Waals surface area contributed by atoms with Crippen molar-refractivity contribution in [2.45, 2.75) is 20.3 Å². The highest BCUT2D eigenvalue weighted by Crippen LogP contribution is 2.10. The Morgan fingerprint density at radius 2 is 2.25 bits per heavy atom. The van der Waals surface area contributed by atoms with Gasteiger partial charge in [-0.1, -0.05) is 6.92 Å².